The van der Waals surface area contributed by atoms with E-state index in [1.807, 2.05) is 0 Å². The van der Waals surface area contributed by atoms with Crippen molar-refractivity contribution in [2.75, 3.05) is 6.54 Å². The van der Waals surface area contributed by atoms with Crippen molar-refractivity contribution in [1.82, 2.24) is 4.90 Å². The van der Waals surface area contributed by atoms with E-state index >= 15 is 0 Å². The van der Waals surface area contributed by atoms with Gasteiger partial charge >= 0.3 is 0 Å². The molecule has 2 aliphatic carbocycles. The number of imide groups is 1. The van der Waals surface area contributed by atoms with Crippen molar-refractivity contribution in [3.8, 4) is 12.3 Å². The minimum absolute atomic E-state index is 0.0557. The molecule has 1 saturated heterocycles. The molecule has 0 aromatic rings. The number of hydrogen-bond donors (Lipinski definition) is 0. The SMILES string of the molecule is C#CCN1C(=O)[C@@H]2[C@H]3C=CC(C3)[C@@H]2C1=O. The highest BCUT2D eigenvalue weighted by Gasteiger charge is 2.58. The number of terminal acetylenes is 1. The second kappa shape index (κ2) is 2.73. The van der Waals surface area contributed by atoms with Crippen molar-refractivity contribution in [2.45, 2.75) is 6.42 Å². The number of likely N-dealkylation sites (tertiary alicyclic amines) is 1. The third kappa shape index (κ3) is 0.918. The quantitative estimate of drug-likeness (QED) is 0.350. The average Bonchev–Trinajstić information content (AvgIpc) is 2.87. The monoisotopic (exact) mass is 201 g/mol. The van der Waals surface area contributed by atoms with Gasteiger partial charge in [0.05, 0.1) is 18.4 Å². The molecule has 0 spiro atoms. The zero-order valence-corrected chi connectivity index (χ0v) is 8.22. The molecular formula is C12H11NO2. The first-order chi connectivity index (χ1) is 7.24. The second-order valence-electron chi connectivity index (χ2n) is 4.47. The first-order valence-corrected chi connectivity index (χ1v) is 5.21. The van der Waals surface area contributed by atoms with Gasteiger partial charge in [0.15, 0.2) is 0 Å². The number of carbonyl (C=O) groups is 2. The summed E-state index contributed by atoms with van der Waals surface area (Å²) in [6, 6.07) is 0. The lowest BCUT2D eigenvalue weighted by molar-refractivity contribution is -0.139. The molecule has 0 N–H and O–H groups in total. The topological polar surface area (TPSA) is 37.4 Å². The highest BCUT2D eigenvalue weighted by atomic mass is 16.2. The van der Waals surface area contributed by atoms with Gasteiger partial charge in [0.25, 0.3) is 0 Å². The molecule has 15 heavy (non-hydrogen) atoms. The summed E-state index contributed by atoms with van der Waals surface area (Å²) in [5.41, 5.74) is 0. The minimum Gasteiger partial charge on any atom is -0.274 e. The third-order valence-electron chi connectivity index (χ3n) is 3.81. The molecule has 1 unspecified atom stereocenters. The maximum atomic E-state index is 12.0. The maximum Gasteiger partial charge on any atom is 0.234 e. The summed E-state index contributed by atoms with van der Waals surface area (Å²) >= 11 is 0. The van der Waals surface area contributed by atoms with Crippen molar-refractivity contribution in [3.63, 3.8) is 0 Å². The van der Waals surface area contributed by atoms with E-state index in [0.717, 1.165) is 6.42 Å². The average molecular weight is 201 g/mol. The van der Waals surface area contributed by atoms with Crippen LogP contribution < -0.4 is 0 Å². The number of nitrogens with zero attached hydrogens (tertiary/aromatic N) is 1. The fourth-order valence-corrected chi connectivity index (χ4v) is 3.21. The van der Waals surface area contributed by atoms with Gasteiger partial charge in [-0.15, -0.1) is 6.42 Å². The summed E-state index contributed by atoms with van der Waals surface area (Å²) in [6.45, 7) is 0.129. The Kier molecular flexibility index (Phi) is 1.59. The van der Waals surface area contributed by atoms with Gasteiger partial charge in [-0.2, -0.15) is 0 Å². The Morgan fingerprint density at radius 1 is 1.27 bits per heavy atom. The zero-order chi connectivity index (χ0) is 10.6. The van der Waals surface area contributed by atoms with Crippen LogP contribution in [-0.4, -0.2) is 23.3 Å². The van der Waals surface area contributed by atoms with Gasteiger partial charge in [0.2, 0.25) is 11.8 Å². The fourth-order valence-electron chi connectivity index (χ4n) is 3.21. The second-order valence-corrected chi connectivity index (χ2v) is 4.47. The van der Waals surface area contributed by atoms with Crippen LogP contribution in [0.1, 0.15) is 6.42 Å². The van der Waals surface area contributed by atoms with Crippen LogP contribution in [0.5, 0.6) is 0 Å². The van der Waals surface area contributed by atoms with Gasteiger partial charge in [0, 0.05) is 0 Å². The van der Waals surface area contributed by atoms with Gasteiger partial charge in [0.1, 0.15) is 0 Å². The van der Waals surface area contributed by atoms with Gasteiger partial charge in [-0.25, -0.2) is 0 Å². The zero-order valence-electron chi connectivity index (χ0n) is 8.22. The molecule has 2 amide bonds. The highest BCUT2D eigenvalue weighted by molar-refractivity contribution is 6.06. The van der Waals surface area contributed by atoms with Crippen molar-refractivity contribution in [3.05, 3.63) is 12.2 Å². The number of carbonyl (C=O) groups excluding carboxylic acids is 2. The lowest BCUT2D eigenvalue weighted by Gasteiger charge is -2.14. The van der Waals surface area contributed by atoms with E-state index in [0.29, 0.717) is 0 Å². The van der Waals surface area contributed by atoms with E-state index in [9.17, 15) is 9.59 Å². The predicted molar refractivity (Wildman–Crippen MR) is 53.3 cm³/mol. The molecule has 0 aromatic carbocycles. The molecule has 1 heterocycles. The third-order valence-corrected chi connectivity index (χ3v) is 3.81. The van der Waals surface area contributed by atoms with E-state index in [4.69, 9.17) is 6.42 Å². The van der Waals surface area contributed by atoms with Crippen molar-refractivity contribution in [2.24, 2.45) is 23.7 Å². The molecule has 3 aliphatic rings. The van der Waals surface area contributed by atoms with Crippen molar-refractivity contribution in [1.29, 1.82) is 0 Å². The van der Waals surface area contributed by atoms with Crippen LogP contribution in [0.15, 0.2) is 12.2 Å². The van der Waals surface area contributed by atoms with Gasteiger partial charge < -0.3 is 0 Å². The predicted octanol–water partition coefficient (Wildman–Crippen LogP) is 0.427. The Bertz CT molecular complexity index is 388. The standard InChI is InChI=1S/C12H11NO2/c1-2-5-13-11(14)9-7-3-4-8(6-7)10(9)12(13)15/h1,3-4,7-10H,5-6H2/t7-,8?,9+,10-/m0/s1. The first kappa shape index (κ1) is 8.72. The minimum atomic E-state index is -0.110. The Labute approximate surface area is 88.1 Å². The van der Waals surface area contributed by atoms with Crippen LogP contribution >= 0.6 is 0 Å². The molecule has 2 fully saturated rings. The van der Waals surface area contributed by atoms with Crippen LogP contribution in [0, 0.1) is 36.0 Å². The van der Waals surface area contributed by atoms with Crippen molar-refractivity contribution < 1.29 is 9.59 Å². The lowest BCUT2D eigenvalue weighted by Crippen LogP contribution is -2.33. The molecule has 2 bridgehead atoms. The van der Waals surface area contributed by atoms with E-state index in [-0.39, 0.29) is 42.0 Å². The summed E-state index contributed by atoms with van der Waals surface area (Å²) in [5.74, 6) is 2.60. The van der Waals surface area contributed by atoms with E-state index in [1.165, 1.54) is 4.90 Å². The molecular weight excluding hydrogens is 190 g/mol. The molecule has 0 radical (unpaired) electrons. The van der Waals surface area contributed by atoms with Gasteiger partial charge in [-0.1, -0.05) is 18.1 Å². The summed E-state index contributed by atoms with van der Waals surface area (Å²) in [7, 11) is 0. The van der Waals surface area contributed by atoms with Crippen LogP contribution in [0.25, 0.3) is 0 Å². The molecule has 3 rings (SSSR count). The number of hydrogen-bond acceptors (Lipinski definition) is 2. The Balaban J connectivity index is 1.97. The van der Waals surface area contributed by atoms with E-state index in [1.54, 1.807) is 0 Å². The van der Waals surface area contributed by atoms with Gasteiger partial charge in [-0.3, -0.25) is 14.5 Å². The highest BCUT2D eigenvalue weighted by Crippen LogP contribution is 2.52. The molecule has 1 saturated carbocycles. The fraction of sp³-hybridized carbons (Fsp3) is 0.500. The van der Waals surface area contributed by atoms with Gasteiger partial charge in [-0.05, 0) is 18.3 Å². The maximum absolute atomic E-state index is 12.0. The summed E-state index contributed by atoms with van der Waals surface area (Å²) in [4.78, 5) is 25.2. The molecule has 1 aliphatic heterocycles. The molecule has 3 heteroatoms. The molecule has 0 aromatic heterocycles. The Morgan fingerprint density at radius 2 is 1.80 bits per heavy atom. The largest absolute Gasteiger partial charge is 0.274 e. The first-order valence-electron chi connectivity index (χ1n) is 5.21. The van der Waals surface area contributed by atoms with E-state index in [2.05, 4.69) is 18.1 Å². The van der Waals surface area contributed by atoms with Crippen LogP contribution in [0.4, 0.5) is 0 Å². The molecule has 4 atom stereocenters. The van der Waals surface area contributed by atoms with Crippen LogP contribution in [-0.2, 0) is 9.59 Å². The van der Waals surface area contributed by atoms with E-state index < -0.39 is 0 Å². The number of amides is 2. The lowest BCUT2D eigenvalue weighted by atomic mass is 9.85. The Hall–Kier alpha value is -1.56. The Morgan fingerprint density at radius 3 is 2.27 bits per heavy atom. The number of rotatable bonds is 1. The number of fused-ring (bicyclic) bond motifs is 5. The summed E-state index contributed by atoms with van der Waals surface area (Å²) in [5, 5.41) is 0. The molecule has 76 valence electrons. The normalized spacial score (nSPS) is 41.1. The smallest absolute Gasteiger partial charge is 0.234 e. The summed E-state index contributed by atoms with van der Waals surface area (Å²) in [6.07, 6.45) is 10.3. The van der Waals surface area contributed by atoms with Crippen LogP contribution in [0.2, 0.25) is 0 Å². The summed E-state index contributed by atoms with van der Waals surface area (Å²) < 4.78 is 0. The molecule has 3 nitrogen and oxygen atoms in total. The number of allylic oxidation sites excluding steroid dienone is 2. The van der Waals surface area contributed by atoms with Crippen LogP contribution in [0.3, 0.4) is 0 Å². The van der Waals surface area contributed by atoms with Crippen molar-refractivity contribution >= 4 is 11.8 Å².